The molecule has 0 aliphatic rings. The van der Waals surface area contributed by atoms with E-state index < -0.39 is 6.10 Å². The zero-order chi connectivity index (χ0) is 24.1. The molecule has 176 valence electrons. The van der Waals surface area contributed by atoms with Crippen molar-refractivity contribution < 1.29 is 14.4 Å². The Kier molecular flexibility index (Phi) is 8.54. The monoisotopic (exact) mass is 535 g/mol. The summed E-state index contributed by atoms with van der Waals surface area (Å²) in [6.45, 7) is 1.34. The lowest BCUT2D eigenvalue weighted by atomic mass is 10.1. The van der Waals surface area contributed by atoms with Crippen LogP contribution in [-0.4, -0.2) is 9.67 Å². The van der Waals surface area contributed by atoms with Crippen LogP contribution in [0.25, 0.3) is 0 Å². The smallest absolute Gasteiger partial charge is 0.243 e. The molecule has 0 aliphatic heterocycles. The first-order valence-corrected chi connectivity index (χ1v) is 12.2. The van der Waals surface area contributed by atoms with Crippen LogP contribution in [0.1, 0.15) is 28.9 Å². The van der Waals surface area contributed by atoms with Crippen molar-refractivity contribution in [3.63, 3.8) is 0 Å². The van der Waals surface area contributed by atoms with Gasteiger partial charge in [-0.3, -0.25) is 0 Å². The van der Waals surface area contributed by atoms with Crippen molar-refractivity contribution >= 4 is 46.4 Å². The first-order valence-electron chi connectivity index (χ1n) is 10.7. The number of aromatic nitrogens is 2. The van der Waals surface area contributed by atoms with Crippen LogP contribution in [0.15, 0.2) is 85.5 Å². The maximum atomic E-state index is 10.6. The van der Waals surface area contributed by atoms with E-state index in [4.69, 9.17) is 51.1 Å². The third kappa shape index (κ3) is 6.76. The van der Waals surface area contributed by atoms with Crippen molar-refractivity contribution in [2.24, 2.45) is 0 Å². The highest BCUT2D eigenvalue weighted by Gasteiger charge is 2.21. The zero-order valence-corrected chi connectivity index (χ0v) is 21.1. The van der Waals surface area contributed by atoms with E-state index in [1.807, 2.05) is 70.3 Å². The van der Waals surface area contributed by atoms with Crippen LogP contribution >= 0.6 is 46.4 Å². The molecule has 3 aromatic carbocycles. The third-order valence-corrected chi connectivity index (χ3v) is 6.50. The van der Waals surface area contributed by atoms with E-state index in [2.05, 4.69) is 0 Å². The molecule has 0 fully saturated rings. The van der Waals surface area contributed by atoms with Gasteiger partial charge in [-0.2, -0.15) is 0 Å². The van der Waals surface area contributed by atoms with Crippen molar-refractivity contribution in [3.8, 4) is 0 Å². The SMILES string of the molecule is OC(C[n+]1ccn(CC(OCc2ccc(Cl)cc2)c2ccc(Cl)cc2Cl)c1)c1ccc(Cl)cc1. The van der Waals surface area contributed by atoms with Crippen LogP contribution in [-0.2, 0) is 24.4 Å². The van der Waals surface area contributed by atoms with Crippen LogP contribution in [0.5, 0.6) is 0 Å². The Bertz CT molecular complexity index is 1230. The molecule has 4 nitrogen and oxygen atoms in total. The fraction of sp³-hybridized carbons (Fsp3) is 0.192. The second-order valence-corrected chi connectivity index (χ2v) is 9.68. The second kappa shape index (κ2) is 11.6. The van der Waals surface area contributed by atoms with Gasteiger partial charge in [0.2, 0.25) is 6.33 Å². The van der Waals surface area contributed by atoms with Gasteiger partial charge in [0.05, 0.1) is 6.61 Å². The molecule has 0 radical (unpaired) electrons. The molecule has 2 atom stereocenters. The Morgan fingerprint density at radius 2 is 1.50 bits per heavy atom. The number of imidazole rings is 1. The van der Waals surface area contributed by atoms with Crippen LogP contribution in [0.2, 0.25) is 20.1 Å². The number of hydrogen-bond acceptors (Lipinski definition) is 2. The Balaban J connectivity index is 1.48. The van der Waals surface area contributed by atoms with Gasteiger partial charge in [-0.15, -0.1) is 0 Å². The first kappa shape index (κ1) is 25.1. The topological polar surface area (TPSA) is 38.3 Å². The molecule has 0 amide bonds. The fourth-order valence-electron chi connectivity index (χ4n) is 3.62. The summed E-state index contributed by atoms with van der Waals surface area (Å²) in [4.78, 5) is 0. The van der Waals surface area contributed by atoms with Gasteiger partial charge in [-0.25, -0.2) is 9.13 Å². The Morgan fingerprint density at radius 3 is 2.18 bits per heavy atom. The molecule has 2 unspecified atom stereocenters. The van der Waals surface area contributed by atoms with Crippen LogP contribution in [0, 0.1) is 0 Å². The van der Waals surface area contributed by atoms with Gasteiger partial charge in [0.25, 0.3) is 0 Å². The number of aliphatic hydroxyl groups excluding tert-OH is 1. The maximum Gasteiger partial charge on any atom is 0.243 e. The molecular weight excluding hydrogens is 514 g/mol. The normalized spacial score (nSPS) is 13.1. The summed E-state index contributed by atoms with van der Waals surface area (Å²) >= 11 is 24.6. The quantitative estimate of drug-likeness (QED) is 0.232. The molecule has 4 rings (SSSR count). The van der Waals surface area contributed by atoms with Gasteiger partial charge in [0.1, 0.15) is 37.7 Å². The highest BCUT2D eigenvalue weighted by molar-refractivity contribution is 6.35. The molecule has 1 aromatic heterocycles. The summed E-state index contributed by atoms with van der Waals surface area (Å²) in [5.74, 6) is 0. The van der Waals surface area contributed by atoms with E-state index in [9.17, 15) is 5.11 Å². The molecule has 1 heterocycles. The van der Waals surface area contributed by atoms with E-state index in [-0.39, 0.29) is 6.10 Å². The standard InChI is InChI=1S/C26H23Cl4N2O2/c27-20-5-1-18(2-6-20)16-34-26(23-10-9-22(29)13-24(23)30)15-32-12-11-31(17-32)14-25(33)19-3-7-21(28)8-4-19/h1-13,17,25-26,33H,14-16H2/q+1. The predicted molar refractivity (Wildman–Crippen MR) is 136 cm³/mol. The van der Waals surface area contributed by atoms with Crippen molar-refractivity contribution in [3.05, 3.63) is 122 Å². The van der Waals surface area contributed by atoms with E-state index in [1.165, 1.54) is 0 Å². The van der Waals surface area contributed by atoms with Crippen LogP contribution < -0.4 is 4.57 Å². The summed E-state index contributed by atoms with van der Waals surface area (Å²) in [5, 5.41) is 13.0. The van der Waals surface area contributed by atoms with Crippen LogP contribution in [0.4, 0.5) is 0 Å². The summed E-state index contributed by atoms with van der Waals surface area (Å²) < 4.78 is 10.2. The molecule has 0 spiro atoms. The molecule has 8 heteroatoms. The van der Waals surface area contributed by atoms with E-state index in [1.54, 1.807) is 24.3 Å². The lowest BCUT2D eigenvalue weighted by Gasteiger charge is -2.18. The molecule has 0 bridgehead atoms. The molecule has 0 aliphatic carbocycles. The molecule has 0 saturated heterocycles. The molecular formula is C26H23Cl4N2O2+. The van der Waals surface area contributed by atoms with Crippen molar-refractivity contribution in [2.75, 3.05) is 0 Å². The van der Waals surface area contributed by atoms with Gasteiger partial charge in [-0.05, 0) is 47.5 Å². The average molecular weight is 537 g/mol. The first-order chi connectivity index (χ1) is 16.4. The minimum absolute atomic E-state index is 0.317. The average Bonchev–Trinajstić information content (AvgIpc) is 3.25. The highest BCUT2D eigenvalue weighted by Crippen LogP contribution is 2.30. The summed E-state index contributed by atoms with van der Waals surface area (Å²) in [6.07, 6.45) is 4.82. The fourth-order valence-corrected chi connectivity index (χ4v) is 4.40. The van der Waals surface area contributed by atoms with E-state index in [0.29, 0.717) is 39.8 Å². The molecule has 34 heavy (non-hydrogen) atoms. The van der Waals surface area contributed by atoms with Gasteiger partial charge < -0.3 is 9.84 Å². The molecule has 1 N–H and O–H groups in total. The molecule has 4 aromatic rings. The second-order valence-electron chi connectivity index (χ2n) is 7.97. The predicted octanol–water partition coefficient (Wildman–Crippen LogP) is 7.08. The Labute approximate surface area is 218 Å². The van der Waals surface area contributed by atoms with E-state index in [0.717, 1.165) is 16.7 Å². The maximum absolute atomic E-state index is 10.6. The number of rotatable bonds is 9. The van der Waals surface area contributed by atoms with Gasteiger partial charge in [0.15, 0.2) is 0 Å². The Hall–Kier alpha value is -2.05. The number of benzene rings is 3. The number of ether oxygens (including phenoxy) is 1. The largest absolute Gasteiger partial charge is 0.384 e. The third-order valence-electron chi connectivity index (χ3n) is 5.44. The van der Waals surface area contributed by atoms with E-state index >= 15 is 0 Å². The van der Waals surface area contributed by atoms with Crippen molar-refractivity contribution in [1.29, 1.82) is 0 Å². The van der Waals surface area contributed by atoms with Crippen molar-refractivity contribution in [2.45, 2.75) is 31.9 Å². The minimum Gasteiger partial charge on any atom is -0.384 e. The zero-order valence-electron chi connectivity index (χ0n) is 18.1. The van der Waals surface area contributed by atoms with Crippen molar-refractivity contribution in [1.82, 2.24) is 4.57 Å². The number of halogens is 4. The lowest BCUT2D eigenvalue weighted by molar-refractivity contribution is -0.704. The summed E-state index contributed by atoms with van der Waals surface area (Å²) in [5.41, 5.74) is 2.66. The lowest BCUT2D eigenvalue weighted by Crippen LogP contribution is -2.34. The van der Waals surface area contributed by atoms with Gasteiger partial charge >= 0.3 is 0 Å². The summed E-state index contributed by atoms with van der Waals surface area (Å²) in [7, 11) is 0. The highest BCUT2D eigenvalue weighted by atomic mass is 35.5. The number of nitrogens with zero attached hydrogens (tertiary/aromatic N) is 2. The van der Waals surface area contributed by atoms with Gasteiger partial charge in [-0.1, -0.05) is 76.7 Å². The number of hydrogen-bond donors (Lipinski definition) is 1. The molecule has 0 saturated carbocycles. The van der Waals surface area contributed by atoms with Gasteiger partial charge in [0, 0.05) is 25.7 Å². The number of aliphatic hydroxyl groups is 1. The van der Waals surface area contributed by atoms with Crippen LogP contribution in [0.3, 0.4) is 0 Å². The Morgan fingerprint density at radius 1 is 0.853 bits per heavy atom. The minimum atomic E-state index is -0.652. The summed E-state index contributed by atoms with van der Waals surface area (Å²) in [6, 6.07) is 20.2.